The normalized spacial score (nSPS) is 13.4. The first-order valence-electron chi connectivity index (χ1n) is 6.41. The monoisotopic (exact) mass is 298 g/mol. The molecule has 2 aromatic rings. The summed E-state index contributed by atoms with van der Waals surface area (Å²) in [5.74, 6) is -1.39. The molecule has 1 aliphatic rings. The van der Waals surface area contributed by atoms with Crippen LogP contribution in [0.25, 0.3) is 0 Å². The Morgan fingerprint density at radius 2 is 1.59 bits per heavy atom. The van der Waals surface area contributed by atoms with Crippen LogP contribution in [0.3, 0.4) is 0 Å². The third kappa shape index (κ3) is 1.99. The zero-order chi connectivity index (χ0) is 15.9. The fourth-order valence-electron chi connectivity index (χ4n) is 2.44. The van der Waals surface area contributed by atoms with E-state index >= 15 is 0 Å². The summed E-state index contributed by atoms with van der Waals surface area (Å²) in [6, 6.07) is 10.1. The molecule has 0 bridgehead atoms. The van der Waals surface area contributed by atoms with Crippen molar-refractivity contribution in [2.24, 2.45) is 0 Å². The van der Waals surface area contributed by atoms with E-state index in [1.807, 2.05) is 0 Å². The number of nitro benzene ring substituents is 1. The fourth-order valence-corrected chi connectivity index (χ4v) is 2.44. The van der Waals surface area contributed by atoms with Crippen molar-refractivity contribution < 1.29 is 19.6 Å². The molecule has 0 aliphatic carbocycles. The summed E-state index contributed by atoms with van der Waals surface area (Å²) in [7, 11) is 0. The Morgan fingerprint density at radius 1 is 1.00 bits per heavy atom. The summed E-state index contributed by atoms with van der Waals surface area (Å²) in [6.45, 7) is -0.352. The van der Waals surface area contributed by atoms with E-state index in [1.54, 1.807) is 12.1 Å². The van der Waals surface area contributed by atoms with Gasteiger partial charge >= 0.3 is 0 Å². The van der Waals surface area contributed by atoms with Crippen LogP contribution in [0, 0.1) is 10.1 Å². The van der Waals surface area contributed by atoms with Gasteiger partial charge in [-0.3, -0.25) is 24.6 Å². The molecule has 1 aliphatic heterocycles. The lowest BCUT2D eigenvalue weighted by molar-refractivity contribution is -0.385. The zero-order valence-electron chi connectivity index (χ0n) is 11.2. The predicted octanol–water partition coefficient (Wildman–Crippen LogP) is 2.10. The molecule has 2 aromatic carbocycles. The van der Waals surface area contributed by atoms with Crippen molar-refractivity contribution in [2.45, 2.75) is 6.54 Å². The van der Waals surface area contributed by atoms with Gasteiger partial charge in [-0.2, -0.15) is 0 Å². The molecule has 0 atom stereocenters. The lowest BCUT2D eigenvalue weighted by atomic mass is 10.1. The quantitative estimate of drug-likeness (QED) is 0.531. The smallest absolute Gasteiger partial charge is 0.278 e. The number of hydrogen-bond donors (Lipinski definition) is 1. The molecule has 0 unspecified atom stereocenters. The number of carbonyl (C=O) groups excluding carboxylic acids is 2. The number of phenols is 1. The second kappa shape index (κ2) is 4.96. The lowest BCUT2D eigenvalue weighted by Gasteiger charge is -2.14. The molecule has 22 heavy (non-hydrogen) atoms. The number of nitro groups is 1. The third-order valence-electron chi connectivity index (χ3n) is 3.52. The summed E-state index contributed by atoms with van der Waals surface area (Å²) in [4.78, 5) is 35.8. The molecule has 110 valence electrons. The first-order chi connectivity index (χ1) is 10.5. The molecule has 1 heterocycles. The van der Waals surface area contributed by atoms with Gasteiger partial charge in [0, 0.05) is 6.07 Å². The highest BCUT2D eigenvalue weighted by Crippen LogP contribution is 2.31. The first kappa shape index (κ1) is 13.7. The topological polar surface area (TPSA) is 101 Å². The van der Waals surface area contributed by atoms with E-state index < -0.39 is 16.7 Å². The van der Waals surface area contributed by atoms with Crippen molar-refractivity contribution >= 4 is 17.5 Å². The Labute approximate surface area is 124 Å². The van der Waals surface area contributed by atoms with Gasteiger partial charge in [0.05, 0.1) is 28.2 Å². The van der Waals surface area contributed by atoms with Crippen molar-refractivity contribution in [1.29, 1.82) is 0 Å². The SMILES string of the molecule is O=C1c2ccccc2C(=O)N1Cc1c(O)cccc1[N+](=O)[O-]. The highest BCUT2D eigenvalue weighted by atomic mass is 16.6. The van der Waals surface area contributed by atoms with Crippen LogP contribution >= 0.6 is 0 Å². The number of rotatable bonds is 3. The number of nitrogens with zero attached hydrogens (tertiary/aromatic N) is 2. The number of imide groups is 1. The standard InChI is InChI=1S/C15H10N2O5/c18-13-7-3-6-12(17(21)22)11(13)8-16-14(19)9-4-1-2-5-10(9)15(16)20/h1-7,18H,8H2. The van der Waals surface area contributed by atoms with Crippen LogP contribution in [0.1, 0.15) is 26.3 Å². The van der Waals surface area contributed by atoms with E-state index in [0.29, 0.717) is 0 Å². The van der Waals surface area contributed by atoms with Crippen LogP contribution < -0.4 is 0 Å². The van der Waals surface area contributed by atoms with Gasteiger partial charge in [0.2, 0.25) is 0 Å². The van der Waals surface area contributed by atoms with E-state index in [0.717, 1.165) is 4.90 Å². The van der Waals surface area contributed by atoms with Crippen molar-refractivity contribution in [3.63, 3.8) is 0 Å². The molecule has 0 spiro atoms. The number of hydrogen-bond acceptors (Lipinski definition) is 5. The molecular weight excluding hydrogens is 288 g/mol. The minimum Gasteiger partial charge on any atom is -0.507 e. The number of phenolic OH excluding ortho intramolecular Hbond substituents is 1. The number of carbonyl (C=O) groups is 2. The summed E-state index contributed by atoms with van der Waals surface area (Å²) in [5, 5.41) is 20.9. The van der Waals surface area contributed by atoms with E-state index in [1.165, 1.54) is 30.3 Å². The maximum Gasteiger partial charge on any atom is 0.278 e. The van der Waals surface area contributed by atoms with E-state index in [-0.39, 0.29) is 34.7 Å². The average molecular weight is 298 g/mol. The molecule has 7 heteroatoms. The highest BCUT2D eigenvalue weighted by Gasteiger charge is 2.36. The van der Waals surface area contributed by atoms with E-state index in [9.17, 15) is 24.8 Å². The number of fused-ring (bicyclic) bond motifs is 1. The van der Waals surface area contributed by atoms with Crippen molar-refractivity contribution in [2.75, 3.05) is 0 Å². The first-order valence-corrected chi connectivity index (χ1v) is 6.41. The van der Waals surface area contributed by atoms with Gasteiger partial charge in [-0.1, -0.05) is 18.2 Å². The summed E-state index contributed by atoms with van der Waals surface area (Å²) in [5.41, 5.74) is 0.106. The van der Waals surface area contributed by atoms with Crippen LogP contribution in [0.15, 0.2) is 42.5 Å². The Bertz CT molecular complexity index is 780. The van der Waals surface area contributed by atoms with Crippen molar-refractivity contribution in [1.82, 2.24) is 4.90 Å². The summed E-state index contributed by atoms with van der Waals surface area (Å²) in [6.07, 6.45) is 0. The molecule has 0 saturated carbocycles. The number of amides is 2. The highest BCUT2D eigenvalue weighted by molar-refractivity contribution is 6.21. The van der Waals surface area contributed by atoms with Crippen LogP contribution in [-0.2, 0) is 6.54 Å². The Balaban J connectivity index is 2.01. The van der Waals surface area contributed by atoms with Crippen LogP contribution in [-0.4, -0.2) is 26.7 Å². The van der Waals surface area contributed by atoms with Gasteiger partial charge < -0.3 is 5.11 Å². The Morgan fingerprint density at radius 3 is 2.14 bits per heavy atom. The van der Waals surface area contributed by atoms with Gasteiger partial charge in [-0.05, 0) is 18.2 Å². The summed E-state index contributed by atoms with van der Waals surface area (Å²) < 4.78 is 0. The second-order valence-corrected chi connectivity index (χ2v) is 4.77. The van der Waals surface area contributed by atoms with Crippen LogP contribution in [0.4, 0.5) is 5.69 Å². The van der Waals surface area contributed by atoms with E-state index in [2.05, 4.69) is 0 Å². The largest absolute Gasteiger partial charge is 0.507 e. The minimum atomic E-state index is -0.660. The molecule has 0 fully saturated rings. The maximum atomic E-state index is 12.3. The molecule has 1 N–H and O–H groups in total. The van der Waals surface area contributed by atoms with Crippen molar-refractivity contribution in [3.8, 4) is 5.75 Å². The molecule has 0 saturated heterocycles. The molecule has 0 aromatic heterocycles. The average Bonchev–Trinajstić information content (AvgIpc) is 2.74. The maximum absolute atomic E-state index is 12.3. The lowest BCUT2D eigenvalue weighted by Crippen LogP contribution is -2.29. The molecule has 2 amide bonds. The van der Waals surface area contributed by atoms with E-state index in [4.69, 9.17) is 0 Å². The molecule has 7 nitrogen and oxygen atoms in total. The van der Waals surface area contributed by atoms with Crippen molar-refractivity contribution in [3.05, 3.63) is 69.3 Å². The van der Waals surface area contributed by atoms with Crippen LogP contribution in [0.2, 0.25) is 0 Å². The Hall–Kier alpha value is -3.22. The number of benzene rings is 2. The second-order valence-electron chi connectivity index (χ2n) is 4.77. The third-order valence-corrected chi connectivity index (χ3v) is 3.52. The fraction of sp³-hybridized carbons (Fsp3) is 0.0667. The van der Waals surface area contributed by atoms with Gasteiger partial charge in [-0.15, -0.1) is 0 Å². The minimum absolute atomic E-state index is 0.0676. The Kier molecular flexibility index (Phi) is 3.10. The molecular formula is C15H10N2O5. The molecule has 0 radical (unpaired) electrons. The predicted molar refractivity (Wildman–Crippen MR) is 75.4 cm³/mol. The molecule has 3 rings (SSSR count). The number of aromatic hydroxyl groups is 1. The zero-order valence-corrected chi connectivity index (χ0v) is 11.2. The van der Waals surface area contributed by atoms with Gasteiger partial charge in [0.15, 0.2) is 0 Å². The van der Waals surface area contributed by atoms with Gasteiger partial charge in [0.25, 0.3) is 17.5 Å². The van der Waals surface area contributed by atoms with Gasteiger partial charge in [-0.25, -0.2) is 0 Å². The summed E-state index contributed by atoms with van der Waals surface area (Å²) >= 11 is 0. The van der Waals surface area contributed by atoms with Crippen LogP contribution in [0.5, 0.6) is 5.75 Å². The van der Waals surface area contributed by atoms with Gasteiger partial charge in [0.1, 0.15) is 5.75 Å².